The lowest BCUT2D eigenvalue weighted by Crippen LogP contribution is -2.10. The normalized spacial score (nSPS) is 16.8. The molecule has 1 aliphatic rings. The molecule has 0 unspecified atom stereocenters. The number of halogens is 1. The molecule has 4 heteroatoms. The summed E-state index contributed by atoms with van der Waals surface area (Å²) in [7, 11) is 0. The van der Waals surface area contributed by atoms with E-state index in [2.05, 4.69) is 9.97 Å². The number of hydrogen-bond donors (Lipinski definition) is 1. The van der Waals surface area contributed by atoms with Crippen LogP contribution in [0.1, 0.15) is 36.0 Å². The van der Waals surface area contributed by atoms with Gasteiger partial charge < -0.3 is 4.98 Å². The fraction of sp³-hybridized carbons (Fsp3) is 0.385. The van der Waals surface area contributed by atoms with Gasteiger partial charge in [-0.15, -0.1) is 0 Å². The van der Waals surface area contributed by atoms with Gasteiger partial charge in [-0.1, -0.05) is 24.4 Å². The standard InChI is InChI=1S/C13H13ClN2O/c14-10-5-6-15-13-11(10)9(7-16-13)12(17)8-3-1-2-4-8/h5-8H,1-4H2,(H,15,16). The van der Waals surface area contributed by atoms with Crippen molar-refractivity contribution in [3.63, 3.8) is 0 Å². The number of H-pyrrole nitrogens is 1. The summed E-state index contributed by atoms with van der Waals surface area (Å²) in [6.07, 6.45) is 7.71. The lowest BCUT2D eigenvalue weighted by molar-refractivity contribution is 0.0924. The van der Waals surface area contributed by atoms with Crippen LogP contribution < -0.4 is 0 Å². The molecule has 1 aliphatic carbocycles. The van der Waals surface area contributed by atoms with Gasteiger partial charge in [-0.05, 0) is 18.9 Å². The maximum absolute atomic E-state index is 12.4. The highest BCUT2D eigenvalue weighted by molar-refractivity contribution is 6.36. The van der Waals surface area contributed by atoms with Gasteiger partial charge in [0.05, 0.1) is 5.02 Å². The van der Waals surface area contributed by atoms with Crippen LogP contribution in [0.15, 0.2) is 18.5 Å². The molecule has 0 aliphatic heterocycles. The predicted octanol–water partition coefficient (Wildman–Crippen LogP) is 3.59. The first kappa shape index (κ1) is 10.8. The smallest absolute Gasteiger partial charge is 0.168 e. The molecule has 0 saturated heterocycles. The third-order valence-electron chi connectivity index (χ3n) is 3.51. The number of Topliss-reactive ketones (excluding diaryl/α,β-unsaturated/α-hetero) is 1. The van der Waals surface area contributed by atoms with Crippen LogP contribution in [0.5, 0.6) is 0 Å². The molecule has 0 amide bonds. The number of ketones is 1. The monoisotopic (exact) mass is 248 g/mol. The van der Waals surface area contributed by atoms with Crippen LogP contribution in [0.2, 0.25) is 5.02 Å². The number of aromatic amines is 1. The zero-order valence-electron chi connectivity index (χ0n) is 9.37. The fourth-order valence-electron chi connectivity index (χ4n) is 2.62. The van der Waals surface area contributed by atoms with Gasteiger partial charge in [0.15, 0.2) is 5.78 Å². The van der Waals surface area contributed by atoms with E-state index >= 15 is 0 Å². The molecule has 0 atom stereocenters. The highest BCUT2D eigenvalue weighted by Gasteiger charge is 2.26. The number of nitrogens with one attached hydrogen (secondary N) is 1. The van der Waals surface area contributed by atoms with Crippen molar-refractivity contribution in [2.75, 3.05) is 0 Å². The van der Waals surface area contributed by atoms with E-state index in [0.29, 0.717) is 16.2 Å². The molecule has 0 radical (unpaired) electrons. The molecule has 3 rings (SSSR count). The van der Waals surface area contributed by atoms with Crippen LogP contribution in [0.25, 0.3) is 11.0 Å². The molecule has 3 nitrogen and oxygen atoms in total. The first-order valence-corrected chi connectivity index (χ1v) is 6.31. The molecular weight excluding hydrogens is 236 g/mol. The van der Waals surface area contributed by atoms with E-state index in [1.54, 1.807) is 18.5 Å². The van der Waals surface area contributed by atoms with Crippen molar-refractivity contribution >= 4 is 28.4 Å². The molecule has 2 heterocycles. The summed E-state index contributed by atoms with van der Waals surface area (Å²) in [5, 5.41) is 1.36. The van der Waals surface area contributed by atoms with Crippen LogP contribution in [-0.2, 0) is 0 Å². The third-order valence-corrected chi connectivity index (χ3v) is 3.83. The van der Waals surface area contributed by atoms with E-state index in [1.807, 2.05) is 0 Å². The highest BCUT2D eigenvalue weighted by Crippen LogP contribution is 2.32. The molecule has 1 fully saturated rings. The van der Waals surface area contributed by atoms with E-state index in [-0.39, 0.29) is 11.7 Å². The SMILES string of the molecule is O=C(c1c[nH]c2nccc(Cl)c12)C1CCCC1. The minimum Gasteiger partial charge on any atom is -0.345 e. The molecule has 0 spiro atoms. The van der Waals surface area contributed by atoms with Crippen molar-refractivity contribution in [2.24, 2.45) is 5.92 Å². The zero-order chi connectivity index (χ0) is 11.8. The van der Waals surface area contributed by atoms with E-state index in [1.165, 1.54) is 0 Å². The molecule has 88 valence electrons. The van der Waals surface area contributed by atoms with Crippen LogP contribution in [0.4, 0.5) is 0 Å². The second-order valence-corrected chi connectivity index (χ2v) is 4.97. The Hall–Kier alpha value is -1.35. The second kappa shape index (κ2) is 4.15. The third kappa shape index (κ3) is 1.75. The van der Waals surface area contributed by atoms with Gasteiger partial charge in [0.25, 0.3) is 0 Å². The quantitative estimate of drug-likeness (QED) is 0.826. The van der Waals surface area contributed by atoms with Crippen LogP contribution in [0, 0.1) is 5.92 Å². The first-order valence-electron chi connectivity index (χ1n) is 5.93. The van der Waals surface area contributed by atoms with Crippen LogP contribution in [0.3, 0.4) is 0 Å². The predicted molar refractivity (Wildman–Crippen MR) is 67.4 cm³/mol. The number of fused-ring (bicyclic) bond motifs is 1. The van der Waals surface area contributed by atoms with Gasteiger partial charge >= 0.3 is 0 Å². The molecule has 0 aromatic carbocycles. The maximum Gasteiger partial charge on any atom is 0.168 e. The average Bonchev–Trinajstić information content (AvgIpc) is 2.98. The summed E-state index contributed by atoms with van der Waals surface area (Å²) in [6, 6.07) is 1.73. The fourth-order valence-corrected chi connectivity index (χ4v) is 2.87. The van der Waals surface area contributed by atoms with E-state index in [4.69, 9.17) is 11.6 Å². The highest BCUT2D eigenvalue weighted by atomic mass is 35.5. The number of aromatic nitrogens is 2. The van der Waals surface area contributed by atoms with E-state index in [9.17, 15) is 4.79 Å². The molecule has 17 heavy (non-hydrogen) atoms. The molecular formula is C13H13ClN2O. The number of rotatable bonds is 2. The summed E-state index contributed by atoms with van der Waals surface area (Å²) < 4.78 is 0. The topological polar surface area (TPSA) is 45.8 Å². The minimum absolute atomic E-state index is 0.172. The summed E-state index contributed by atoms with van der Waals surface area (Å²) in [5.41, 5.74) is 1.39. The Morgan fingerprint density at radius 3 is 2.94 bits per heavy atom. The maximum atomic E-state index is 12.4. The Bertz CT molecular complexity index is 570. The van der Waals surface area contributed by atoms with Crippen LogP contribution in [-0.4, -0.2) is 15.8 Å². The number of nitrogens with zero attached hydrogens (tertiary/aromatic N) is 1. The molecule has 2 aromatic heterocycles. The van der Waals surface area contributed by atoms with Gasteiger partial charge in [0.2, 0.25) is 0 Å². The minimum atomic E-state index is 0.172. The number of hydrogen-bond acceptors (Lipinski definition) is 2. The Kier molecular flexibility index (Phi) is 2.63. The van der Waals surface area contributed by atoms with Crippen LogP contribution >= 0.6 is 11.6 Å². The van der Waals surface area contributed by atoms with E-state index in [0.717, 1.165) is 31.1 Å². The van der Waals surface area contributed by atoms with Gasteiger partial charge in [-0.3, -0.25) is 4.79 Å². The Labute approximate surface area is 104 Å². The summed E-state index contributed by atoms with van der Waals surface area (Å²) >= 11 is 6.14. The van der Waals surface area contributed by atoms with Crippen molar-refractivity contribution < 1.29 is 4.79 Å². The largest absolute Gasteiger partial charge is 0.345 e. The van der Waals surface area contributed by atoms with E-state index < -0.39 is 0 Å². The lowest BCUT2D eigenvalue weighted by atomic mass is 9.96. The number of carbonyl (C=O) groups is 1. The van der Waals surface area contributed by atoms with Crippen molar-refractivity contribution in [3.8, 4) is 0 Å². The Morgan fingerprint density at radius 1 is 1.41 bits per heavy atom. The van der Waals surface area contributed by atoms with Crippen molar-refractivity contribution in [3.05, 3.63) is 29.0 Å². The van der Waals surface area contributed by atoms with Gasteiger partial charge in [-0.25, -0.2) is 4.98 Å². The van der Waals surface area contributed by atoms with Crippen molar-refractivity contribution in [2.45, 2.75) is 25.7 Å². The van der Waals surface area contributed by atoms with Gasteiger partial charge in [0, 0.05) is 29.3 Å². The Balaban J connectivity index is 2.08. The second-order valence-electron chi connectivity index (χ2n) is 4.56. The molecule has 2 aromatic rings. The summed E-state index contributed by atoms with van der Waals surface area (Å²) in [6.45, 7) is 0. The van der Waals surface area contributed by atoms with Crippen molar-refractivity contribution in [1.82, 2.24) is 9.97 Å². The summed E-state index contributed by atoms with van der Waals surface area (Å²) in [5.74, 6) is 0.383. The molecule has 1 saturated carbocycles. The van der Waals surface area contributed by atoms with Gasteiger partial charge in [0.1, 0.15) is 5.65 Å². The summed E-state index contributed by atoms with van der Waals surface area (Å²) in [4.78, 5) is 19.6. The lowest BCUT2D eigenvalue weighted by Gasteiger charge is -2.06. The average molecular weight is 249 g/mol. The Morgan fingerprint density at radius 2 is 2.18 bits per heavy atom. The number of pyridine rings is 1. The molecule has 1 N–H and O–H groups in total. The first-order chi connectivity index (χ1) is 8.27. The zero-order valence-corrected chi connectivity index (χ0v) is 10.1. The number of carbonyl (C=O) groups excluding carboxylic acids is 1. The molecule has 0 bridgehead atoms. The van der Waals surface area contributed by atoms with Crippen molar-refractivity contribution in [1.29, 1.82) is 0 Å². The van der Waals surface area contributed by atoms with Gasteiger partial charge in [-0.2, -0.15) is 0 Å².